The van der Waals surface area contributed by atoms with Gasteiger partial charge in [0.15, 0.2) is 0 Å². The van der Waals surface area contributed by atoms with E-state index < -0.39 is 0 Å². The van der Waals surface area contributed by atoms with Gasteiger partial charge >= 0.3 is 0 Å². The second-order valence-corrected chi connectivity index (χ2v) is 5.03. The Hall–Kier alpha value is -0.340. The summed E-state index contributed by atoms with van der Waals surface area (Å²) in [5.74, 6) is 0. The molecular weight excluding hydrogens is 198 g/mol. The highest BCUT2D eigenvalue weighted by molar-refractivity contribution is 5.01. The van der Waals surface area contributed by atoms with Crippen molar-refractivity contribution in [3.63, 3.8) is 0 Å². The van der Waals surface area contributed by atoms with Gasteiger partial charge in [0.1, 0.15) is 0 Å². The molecule has 0 aromatic rings. The van der Waals surface area contributed by atoms with Crippen LogP contribution in [0.5, 0.6) is 0 Å². The molecule has 0 saturated carbocycles. The Labute approximate surface area is 100 Å². The Kier molecular flexibility index (Phi) is 6.74. The van der Waals surface area contributed by atoms with Crippen LogP contribution in [0.25, 0.3) is 0 Å². The summed E-state index contributed by atoms with van der Waals surface area (Å²) in [5.41, 5.74) is 1.39. The number of allylic oxidation sites excluding steroid dienone is 1. The van der Waals surface area contributed by atoms with Crippen molar-refractivity contribution in [1.82, 2.24) is 5.32 Å². The maximum Gasteiger partial charge on any atom is 0.0593 e. The first-order valence-electron chi connectivity index (χ1n) is 6.72. The number of ether oxygens (including phenoxy) is 1. The third kappa shape index (κ3) is 5.66. The Morgan fingerprint density at radius 1 is 1.44 bits per heavy atom. The minimum Gasteiger partial charge on any atom is -0.378 e. The summed E-state index contributed by atoms with van der Waals surface area (Å²) in [7, 11) is 0. The van der Waals surface area contributed by atoms with Crippen LogP contribution in [-0.2, 0) is 4.74 Å². The summed E-state index contributed by atoms with van der Waals surface area (Å²) >= 11 is 0. The van der Waals surface area contributed by atoms with E-state index in [2.05, 4.69) is 32.2 Å². The van der Waals surface area contributed by atoms with Gasteiger partial charge in [-0.1, -0.05) is 18.6 Å². The second kappa shape index (κ2) is 7.86. The van der Waals surface area contributed by atoms with Crippen LogP contribution in [0.3, 0.4) is 0 Å². The quantitative estimate of drug-likeness (QED) is 0.700. The first kappa shape index (κ1) is 13.7. The lowest BCUT2D eigenvalue weighted by Crippen LogP contribution is -2.34. The minimum atomic E-state index is 0.471. The van der Waals surface area contributed by atoms with Crippen LogP contribution in [0.2, 0.25) is 0 Å². The van der Waals surface area contributed by atoms with Gasteiger partial charge in [-0.25, -0.2) is 0 Å². The largest absolute Gasteiger partial charge is 0.378 e. The number of hydrogen-bond acceptors (Lipinski definition) is 2. The Bertz CT molecular complexity index is 203. The molecule has 0 radical (unpaired) electrons. The fourth-order valence-electron chi connectivity index (χ4n) is 2.22. The molecule has 1 fully saturated rings. The van der Waals surface area contributed by atoms with Crippen molar-refractivity contribution < 1.29 is 4.74 Å². The molecule has 2 heteroatoms. The molecule has 1 heterocycles. The highest BCUT2D eigenvalue weighted by Gasteiger charge is 2.17. The average Bonchev–Trinajstić information content (AvgIpc) is 2.26. The fourth-order valence-corrected chi connectivity index (χ4v) is 2.22. The third-order valence-electron chi connectivity index (χ3n) is 2.98. The molecule has 2 nitrogen and oxygen atoms in total. The van der Waals surface area contributed by atoms with E-state index in [1.54, 1.807) is 0 Å². The van der Waals surface area contributed by atoms with Crippen LogP contribution in [0.4, 0.5) is 0 Å². The zero-order valence-electron chi connectivity index (χ0n) is 11.1. The molecule has 1 rings (SSSR count). The van der Waals surface area contributed by atoms with Crippen LogP contribution in [-0.4, -0.2) is 25.3 Å². The molecule has 16 heavy (non-hydrogen) atoms. The summed E-state index contributed by atoms with van der Waals surface area (Å²) < 4.78 is 5.80. The van der Waals surface area contributed by atoms with Gasteiger partial charge in [0, 0.05) is 12.6 Å². The van der Waals surface area contributed by atoms with Gasteiger partial charge in [0.25, 0.3) is 0 Å². The molecular formula is C14H27NO. The van der Waals surface area contributed by atoms with Gasteiger partial charge in [0.2, 0.25) is 0 Å². The van der Waals surface area contributed by atoms with Gasteiger partial charge in [-0.2, -0.15) is 0 Å². The Morgan fingerprint density at radius 2 is 2.25 bits per heavy atom. The van der Waals surface area contributed by atoms with E-state index in [1.807, 2.05) is 0 Å². The van der Waals surface area contributed by atoms with Crippen molar-refractivity contribution in [2.45, 2.75) is 65.0 Å². The maximum absolute atomic E-state index is 5.80. The molecule has 94 valence electrons. The molecule has 0 bridgehead atoms. The summed E-state index contributed by atoms with van der Waals surface area (Å²) in [4.78, 5) is 0. The predicted octanol–water partition coefficient (Wildman–Crippen LogP) is 3.28. The molecule has 1 aliphatic heterocycles. The molecule has 0 aliphatic carbocycles. The van der Waals surface area contributed by atoms with E-state index in [0.717, 1.165) is 19.6 Å². The average molecular weight is 225 g/mol. The topological polar surface area (TPSA) is 21.3 Å². The first-order valence-corrected chi connectivity index (χ1v) is 6.72. The van der Waals surface area contributed by atoms with E-state index in [-0.39, 0.29) is 0 Å². The predicted molar refractivity (Wildman–Crippen MR) is 69.7 cm³/mol. The Balaban J connectivity index is 2.38. The lowest BCUT2D eigenvalue weighted by Gasteiger charge is -2.26. The molecule has 2 atom stereocenters. The zero-order chi connectivity index (χ0) is 11.8. The maximum atomic E-state index is 5.80. The van der Waals surface area contributed by atoms with Crippen LogP contribution >= 0.6 is 0 Å². The van der Waals surface area contributed by atoms with E-state index >= 15 is 0 Å². The summed E-state index contributed by atoms with van der Waals surface area (Å²) in [6.45, 7) is 8.61. The van der Waals surface area contributed by atoms with E-state index in [9.17, 15) is 0 Å². The first-order chi connectivity index (χ1) is 7.72. The summed E-state index contributed by atoms with van der Waals surface area (Å²) in [5, 5.41) is 3.59. The van der Waals surface area contributed by atoms with Gasteiger partial charge < -0.3 is 10.1 Å². The highest BCUT2D eigenvalue weighted by Crippen LogP contribution is 2.18. The molecule has 0 aromatic heterocycles. The van der Waals surface area contributed by atoms with Crippen LogP contribution < -0.4 is 5.32 Å². The standard InChI is InChI=1S/C14H27NO/c1-4-8-15-13(10-12(2)3)11-14-7-5-6-9-16-14/h10,13-15H,4-9,11H2,1-3H3. The number of rotatable bonds is 6. The normalized spacial score (nSPS) is 22.8. The van der Waals surface area contributed by atoms with Crippen LogP contribution in [0, 0.1) is 0 Å². The molecule has 0 spiro atoms. The van der Waals surface area contributed by atoms with Gasteiger partial charge in [-0.05, 0) is 52.5 Å². The van der Waals surface area contributed by atoms with Crippen molar-refractivity contribution in [2.75, 3.05) is 13.2 Å². The summed E-state index contributed by atoms with van der Waals surface area (Å²) in [6, 6.07) is 0.494. The molecule has 1 saturated heterocycles. The molecule has 1 aliphatic rings. The molecule has 0 amide bonds. The van der Waals surface area contributed by atoms with Crippen molar-refractivity contribution >= 4 is 0 Å². The highest BCUT2D eigenvalue weighted by atomic mass is 16.5. The molecule has 1 N–H and O–H groups in total. The van der Waals surface area contributed by atoms with Crippen LogP contribution in [0.1, 0.15) is 52.9 Å². The van der Waals surface area contributed by atoms with Gasteiger partial charge in [-0.3, -0.25) is 0 Å². The van der Waals surface area contributed by atoms with Crippen molar-refractivity contribution in [3.05, 3.63) is 11.6 Å². The lowest BCUT2D eigenvalue weighted by atomic mass is 10.0. The molecule has 2 unspecified atom stereocenters. The van der Waals surface area contributed by atoms with Crippen molar-refractivity contribution in [2.24, 2.45) is 0 Å². The van der Waals surface area contributed by atoms with E-state index in [0.29, 0.717) is 12.1 Å². The third-order valence-corrected chi connectivity index (χ3v) is 2.98. The fraction of sp³-hybridized carbons (Fsp3) is 0.857. The van der Waals surface area contributed by atoms with Gasteiger partial charge in [-0.15, -0.1) is 0 Å². The number of hydrogen-bond donors (Lipinski definition) is 1. The van der Waals surface area contributed by atoms with Crippen molar-refractivity contribution in [3.8, 4) is 0 Å². The van der Waals surface area contributed by atoms with Crippen molar-refractivity contribution in [1.29, 1.82) is 0 Å². The minimum absolute atomic E-state index is 0.471. The monoisotopic (exact) mass is 225 g/mol. The smallest absolute Gasteiger partial charge is 0.0593 e. The lowest BCUT2D eigenvalue weighted by molar-refractivity contribution is 0.00784. The number of nitrogens with one attached hydrogen (secondary N) is 1. The SMILES string of the molecule is CCCNC(C=C(C)C)CC1CCCCO1. The van der Waals surface area contributed by atoms with Crippen LogP contribution in [0.15, 0.2) is 11.6 Å². The van der Waals surface area contributed by atoms with E-state index in [1.165, 1.54) is 31.3 Å². The summed E-state index contributed by atoms with van der Waals surface area (Å²) in [6.07, 6.45) is 8.95. The van der Waals surface area contributed by atoms with E-state index in [4.69, 9.17) is 4.74 Å². The zero-order valence-corrected chi connectivity index (χ0v) is 11.1. The Morgan fingerprint density at radius 3 is 2.81 bits per heavy atom. The molecule has 0 aromatic carbocycles. The second-order valence-electron chi connectivity index (χ2n) is 5.03. The van der Waals surface area contributed by atoms with Gasteiger partial charge in [0.05, 0.1) is 6.10 Å².